The number of pyridine rings is 1. The fraction of sp³-hybridized carbons (Fsp3) is 0.118. The molecule has 7 heteroatoms. The largest absolute Gasteiger partial charge is 0.493 e. The minimum atomic E-state index is -1.34. The number of carboxylic acid groups (broad SMARTS) is 1. The molecule has 1 N–H and O–H groups in total. The second-order valence-electron chi connectivity index (χ2n) is 4.89. The molecule has 0 atom stereocenters. The van der Waals surface area contributed by atoms with Crippen molar-refractivity contribution in [1.82, 2.24) is 4.98 Å². The Kier molecular flexibility index (Phi) is 3.91. The number of rotatable bonds is 4. The number of methoxy groups -OCH3 is 2. The first-order valence-corrected chi connectivity index (χ1v) is 6.93. The van der Waals surface area contributed by atoms with Crippen LogP contribution in [0.5, 0.6) is 11.5 Å². The molecule has 0 spiro atoms. The van der Waals surface area contributed by atoms with Crippen LogP contribution in [-0.2, 0) is 0 Å². The summed E-state index contributed by atoms with van der Waals surface area (Å²) in [6.45, 7) is 0. The number of aromatic carboxylic acids is 1. The van der Waals surface area contributed by atoms with Gasteiger partial charge in [0.1, 0.15) is 0 Å². The zero-order valence-corrected chi connectivity index (χ0v) is 12.9. The number of carbonyl (C=O) groups is 1. The van der Waals surface area contributed by atoms with Crippen molar-refractivity contribution in [2.75, 3.05) is 14.2 Å². The number of ether oxygens (including phenoxy) is 2. The Morgan fingerprint density at radius 2 is 1.67 bits per heavy atom. The third kappa shape index (κ3) is 2.45. The summed E-state index contributed by atoms with van der Waals surface area (Å²) in [6, 6.07) is 6.31. The van der Waals surface area contributed by atoms with Gasteiger partial charge in [-0.3, -0.25) is 4.98 Å². The maximum atomic E-state index is 12.2. The molecule has 0 aliphatic rings. The molecule has 0 amide bonds. The van der Waals surface area contributed by atoms with Crippen LogP contribution in [0.25, 0.3) is 21.9 Å². The highest BCUT2D eigenvalue weighted by Gasteiger charge is 2.22. The lowest BCUT2D eigenvalue weighted by atomic mass is 9.98. The molecular weight excluding hydrogens is 314 g/mol. The van der Waals surface area contributed by atoms with E-state index in [1.807, 2.05) is 0 Å². The van der Waals surface area contributed by atoms with Gasteiger partial charge >= 0.3 is 11.6 Å². The van der Waals surface area contributed by atoms with Gasteiger partial charge < -0.3 is 19.0 Å². The molecule has 122 valence electrons. The summed E-state index contributed by atoms with van der Waals surface area (Å²) in [6.07, 6.45) is 3.05. The number of aromatic nitrogens is 1. The molecule has 3 rings (SSSR count). The van der Waals surface area contributed by atoms with Crippen molar-refractivity contribution in [3.8, 4) is 22.6 Å². The van der Waals surface area contributed by atoms with Crippen LogP contribution in [0.2, 0.25) is 0 Å². The average Bonchev–Trinajstić information content (AvgIpc) is 2.61. The highest BCUT2D eigenvalue weighted by atomic mass is 16.5. The van der Waals surface area contributed by atoms with Crippen molar-refractivity contribution in [3.05, 3.63) is 52.8 Å². The van der Waals surface area contributed by atoms with Crippen molar-refractivity contribution in [1.29, 1.82) is 0 Å². The number of carboxylic acids is 1. The monoisotopic (exact) mass is 327 g/mol. The van der Waals surface area contributed by atoms with Crippen molar-refractivity contribution in [3.63, 3.8) is 0 Å². The topological polar surface area (TPSA) is 98.9 Å². The minimum Gasteiger partial charge on any atom is -0.493 e. The van der Waals surface area contributed by atoms with Crippen molar-refractivity contribution in [2.24, 2.45) is 0 Å². The van der Waals surface area contributed by atoms with Gasteiger partial charge in [-0.2, -0.15) is 0 Å². The predicted molar refractivity (Wildman–Crippen MR) is 85.8 cm³/mol. The number of benzene rings is 1. The fourth-order valence-corrected chi connectivity index (χ4v) is 2.53. The summed E-state index contributed by atoms with van der Waals surface area (Å²) < 4.78 is 15.5. The third-order valence-electron chi connectivity index (χ3n) is 3.60. The van der Waals surface area contributed by atoms with E-state index in [4.69, 9.17) is 13.9 Å². The second kappa shape index (κ2) is 6.04. The molecular formula is C17H13NO6. The van der Waals surface area contributed by atoms with E-state index in [1.165, 1.54) is 32.7 Å². The van der Waals surface area contributed by atoms with Gasteiger partial charge in [0.15, 0.2) is 11.5 Å². The fourth-order valence-electron chi connectivity index (χ4n) is 2.53. The summed E-state index contributed by atoms with van der Waals surface area (Å²) >= 11 is 0. The van der Waals surface area contributed by atoms with Crippen molar-refractivity contribution >= 4 is 16.7 Å². The highest BCUT2D eigenvalue weighted by molar-refractivity contribution is 6.05. The smallest absolute Gasteiger partial charge is 0.372 e. The molecule has 0 aliphatic carbocycles. The van der Waals surface area contributed by atoms with Crippen LogP contribution in [0.15, 0.2) is 45.9 Å². The van der Waals surface area contributed by atoms with E-state index in [-0.39, 0.29) is 10.9 Å². The van der Waals surface area contributed by atoms with E-state index in [1.54, 1.807) is 18.2 Å². The molecule has 2 aromatic heterocycles. The molecule has 3 aromatic rings. The molecule has 0 radical (unpaired) electrons. The van der Waals surface area contributed by atoms with Gasteiger partial charge in [0.05, 0.1) is 19.6 Å². The van der Waals surface area contributed by atoms with E-state index < -0.39 is 17.4 Å². The number of hydrogen-bond donors (Lipinski definition) is 1. The van der Waals surface area contributed by atoms with Crippen LogP contribution in [-0.4, -0.2) is 30.3 Å². The van der Waals surface area contributed by atoms with Gasteiger partial charge in [-0.25, -0.2) is 9.59 Å². The summed E-state index contributed by atoms with van der Waals surface area (Å²) in [5.41, 5.74) is 0.0741. The summed E-state index contributed by atoms with van der Waals surface area (Å²) in [5.74, 6) is -1.05. The summed E-state index contributed by atoms with van der Waals surface area (Å²) in [5, 5.41) is 10.0. The second-order valence-corrected chi connectivity index (χ2v) is 4.89. The normalized spacial score (nSPS) is 10.6. The summed E-state index contributed by atoms with van der Waals surface area (Å²) in [7, 11) is 2.90. The maximum Gasteiger partial charge on any atom is 0.372 e. The van der Waals surface area contributed by atoms with Crippen LogP contribution < -0.4 is 15.1 Å². The van der Waals surface area contributed by atoms with E-state index in [9.17, 15) is 14.7 Å². The van der Waals surface area contributed by atoms with Gasteiger partial charge in [-0.1, -0.05) is 0 Å². The van der Waals surface area contributed by atoms with Gasteiger partial charge in [-0.15, -0.1) is 0 Å². The molecule has 0 saturated carbocycles. The standard InChI is InChI=1S/C17H13NO6/c1-22-12-7-10-11(8-13(12)23-2)17(21)24-15(16(19)20)14(10)9-3-5-18-6-4-9/h3-8H,1-2H3,(H,19,20). The highest BCUT2D eigenvalue weighted by Crippen LogP contribution is 2.37. The maximum absolute atomic E-state index is 12.2. The van der Waals surface area contributed by atoms with Crippen LogP contribution in [0, 0.1) is 0 Å². The Bertz CT molecular complexity index is 978. The quantitative estimate of drug-likeness (QED) is 0.786. The van der Waals surface area contributed by atoms with E-state index in [0.717, 1.165) is 0 Å². The van der Waals surface area contributed by atoms with Crippen LogP contribution in [0.4, 0.5) is 0 Å². The molecule has 0 bridgehead atoms. The molecule has 0 saturated heterocycles. The van der Waals surface area contributed by atoms with Gasteiger partial charge in [0.25, 0.3) is 0 Å². The first-order valence-electron chi connectivity index (χ1n) is 6.93. The van der Waals surface area contributed by atoms with E-state index in [2.05, 4.69) is 4.98 Å². The molecule has 0 aliphatic heterocycles. The number of fused-ring (bicyclic) bond motifs is 1. The molecule has 0 fully saturated rings. The van der Waals surface area contributed by atoms with Gasteiger partial charge in [0.2, 0.25) is 5.76 Å². The predicted octanol–water partition coefficient (Wildman–Crippen LogP) is 2.57. The first kappa shape index (κ1) is 15.5. The lowest BCUT2D eigenvalue weighted by Crippen LogP contribution is -2.10. The molecule has 1 aromatic carbocycles. The molecule has 24 heavy (non-hydrogen) atoms. The van der Waals surface area contributed by atoms with Crippen molar-refractivity contribution < 1.29 is 23.8 Å². The number of nitrogens with zero attached hydrogens (tertiary/aromatic N) is 1. The Labute approximate surface area is 136 Å². The van der Waals surface area contributed by atoms with E-state index >= 15 is 0 Å². The molecule has 7 nitrogen and oxygen atoms in total. The zero-order valence-electron chi connectivity index (χ0n) is 12.9. The third-order valence-corrected chi connectivity index (χ3v) is 3.60. The van der Waals surface area contributed by atoms with Crippen LogP contribution in [0.3, 0.4) is 0 Å². The first-order chi connectivity index (χ1) is 11.6. The van der Waals surface area contributed by atoms with Gasteiger partial charge in [-0.05, 0) is 29.8 Å². The Hall–Kier alpha value is -3.35. The summed E-state index contributed by atoms with van der Waals surface area (Å²) in [4.78, 5) is 27.7. The SMILES string of the molecule is COc1cc2c(-c3ccncc3)c(C(=O)O)oc(=O)c2cc1OC. The molecule has 0 unspecified atom stereocenters. The lowest BCUT2D eigenvalue weighted by Gasteiger charge is -2.13. The zero-order chi connectivity index (χ0) is 17.3. The molecule has 2 heterocycles. The number of hydrogen-bond acceptors (Lipinski definition) is 6. The van der Waals surface area contributed by atoms with Gasteiger partial charge in [0, 0.05) is 23.3 Å². The van der Waals surface area contributed by atoms with Crippen LogP contribution in [0.1, 0.15) is 10.6 Å². The Morgan fingerprint density at radius 3 is 2.21 bits per heavy atom. The average molecular weight is 327 g/mol. The minimum absolute atomic E-state index is 0.199. The Morgan fingerprint density at radius 1 is 1.08 bits per heavy atom. The van der Waals surface area contributed by atoms with E-state index in [0.29, 0.717) is 22.4 Å². The lowest BCUT2D eigenvalue weighted by molar-refractivity contribution is 0.0659. The van der Waals surface area contributed by atoms with Crippen molar-refractivity contribution in [2.45, 2.75) is 0 Å². The Balaban J connectivity index is 2.50. The van der Waals surface area contributed by atoms with Crippen LogP contribution >= 0.6 is 0 Å².